The van der Waals surface area contributed by atoms with E-state index in [4.69, 9.17) is 13.6 Å². The van der Waals surface area contributed by atoms with Crippen molar-refractivity contribution in [2.45, 2.75) is 32.9 Å². The van der Waals surface area contributed by atoms with Crippen LogP contribution in [-0.4, -0.2) is 64.3 Å². The van der Waals surface area contributed by atoms with Gasteiger partial charge in [0.25, 0.3) is 0 Å². The number of carbonyl (C=O) groups excluding carboxylic acids is 1. The van der Waals surface area contributed by atoms with Crippen molar-refractivity contribution in [3.8, 4) is 5.75 Å². The van der Waals surface area contributed by atoms with Gasteiger partial charge in [-0.05, 0) is 44.2 Å². The van der Waals surface area contributed by atoms with Gasteiger partial charge in [-0.25, -0.2) is 0 Å². The summed E-state index contributed by atoms with van der Waals surface area (Å²) in [5, 5.41) is 0.0529. The third-order valence-corrected chi connectivity index (χ3v) is 8.15. The van der Waals surface area contributed by atoms with E-state index in [9.17, 15) is 4.79 Å². The smallest absolute Gasteiger partial charge is 0.334 e. The van der Waals surface area contributed by atoms with Crippen molar-refractivity contribution >= 4 is 25.4 Å². The van der Waals surface area contributed by atoms with Crippen LogP contribution < -0.4 is 4.74 Å². The van der Waals surface area contributed by atoms with E-state index in [1.165, 1.54) is 11.8 Å². The van der Waals surface area contributed by atoms with Gasteiger partial charge in [0.2, 0.25) is 5.12 Å². The van der Waals surface area contributed by atoms with Gasteiger partial charge in [0, 0.05) is 26.0 Å². The van der Waals surface area contributed by atoms with Crippen molar-refractivity contribution in [2.75, 3.05) is 45.7 Å². The molecule has 5 nitrogen and oxygen atoms in total. The first-order chi connectivity index (χ1) is 12.5. The molecule has 1 rings (SSSR count). The molecule has 1 unspecified atom stereocenters. The maximum absolute atomic E-state index is 11.9. The van der Waals surface area contributed by atoms with E-state index in [1.807, 2.05) is 30.3 Å². The molecule has 0 aliphatic heterocycles. The predicted octanol–water partition coefficient (Wildman–Crippen LogP) is 3.79. The van der Waals surface area contributed by atoms with Crippen LogP contribution in [0.1, 0.15) is 20.3 Å². The average Bonchev–Trinajstić information content (AvgIpc) is 2.68. The normalized spacial score (nSPS) is 13.6. The van der Waals surface area contributed by atoms with Crippen molar-refractivity contribution in [1.82, 2.24) is 4.90 Å². The number of hydrogen-bond acceptors (Lipinski definition) is 6. The second kappa shape index (κ2) is 13.3. The second-order valence-electron chi connectivity index (χ2n) is 6.14. The summed E-state index contributed by atoms with van der Waals surface area (Å²) in [5.74, 6) is 1.49. The topological polar surface area (TPSA) is 48.0 Å². The fourth-order valence-electron chi connectivity index (χ4n) is 2.44. The third-order valence-electron chi connectivity index (χ3n) is 4.28. The lowest BCUT2D eigenvalue weighted by Crippen LogP contribution is -2.40. The number of ether oxygens (including phenoxy) is 1. The summed E-state index contributed by atoms with van der Waals surface area (Å²) < 4.78 is 17.2. The lowest BCUT2D eigenvalue weighted by molar-refractivity contribution is -0.112. The maximum atomic E-state index is 11.9. The molecule has 1 atom stereocenters. The summed E-state index contributed by atoms with van der Waals surface area (Å²) in [4.78, 5) is 14.2. The summed E-state index contributed by atoms with van der Waals surface area (Å²) in [6.07, 6.45) is 0.906. The Labute approximate surface area is 163 Å². The molecule has 0 aliphatic carbocycles. The van der Waals surface area contributed by atoms with Gasteiger partial charge in [0.05, 0.1) is 0 Å². The van der Waals surface area contributed by atoms with Crippen molar-refractivity contribution in [2.24, 2.45) is 0 Å². The van der Waals surface area contributed by atoms with Crippen LogP contribution in [0.2, 0.25) is 12.6 Å². The Balaban J connectivity index is 2.19. The van der Waals surface area contributed by atoms with Gasteiger partial charge >= 0.3 is 8.56 Å². The van der Waals surface area contributed by atoms with E-state index in [0.29, 0.717) is 6.61 Å². The molecule has 0 amide bonds. The number of para-hydroxylation sites is 1. The Hall–Kier alpha value is -0.863. The Morgan fingerprint density at radius 2 is 1.88 bits per heavy atom. The summed E-state index contributed by atoms with van der Waals surface area (Å²) in [6.45, 7) is 10.2. The molecule has 1 aromatic carbocycles. The third kappa shape index (κ3) is 9.73. The highest BCUT2D eigenvalue weighted by molar-refractivity contribution is 8.13. The first-order valence-corrected chi connectivity index (χ1v) is 12.8. The summed E-state index contributed by atoms with van der Waals surface area (Å²) in [7, 11) is -0.410. The fraction of sp³-hybridized carbons (Fsp3) is 0.632. The van der Waals surface area contributed by atoms with Crippen LogP contribution in [-0.2, 0) is 13.6 Å². The fourth-order valence-corrected chi connectivity index (χ4v) is 5.17. The first-order valence-electron chi connectivity index (χ1n) is 9.28. The van der Waals surface area contributed by atoms with Gasteiger partial charge in [0.15, 0.2) is 6.61 Å². The van der Waals surface area contributed by atoms with E-state index in [1.54, 1.807) is 7.11 Å². The van der Waals surface area contributed by atoms with E-state index in [-0.39, 0.29) is 11.7 Å². The number of likely N-dealkylation sites (N-methyl/N-ethyl adjacent to an activating group) is 1. The average molecular weight is 400 g/mol. The minimum Gasteiger partial charge on any atom is -0.485 e. The van der Waals surface area contributed by atoms with Gasteiger partial charge in [0.1, 0.15) is 5.75 Å². The lowest BCUT2D eigenvalue weighted by atomic mass is 10.3. The van der Waals surface area contributed by atoms with Crippen molar-refractivity contribution in [3.63, 3.8) is 0 Å². The van der Waals surface area contributed by atoms with Crippen LogP contribution in [0.4, 0.5) is 0 Å². The van der Waals surface area contributed by atoms with Gasteiger partial charge < -0.3 is 18.5 Å². The molecule has 0 saturated heterocycles. The van der Waals surface area contributed by atoms with Gasteiger partial charge in [-0.3, -0.25) is 4.79 Å². The molecular weight excluding hydrogens is 366 g/mol. The van der Waals surface area contributed by atoms with E-state index in [0.717, 1.165) is 43.6 Å². The molecule has 0 aliphatic rings. The zero-order valence-corrected chi connectivity index (χ0v) is 18.3. The minimum atomic E-state index is -2.14. The summed E-state index contributed by atoms with van der Waals surface area (Å²) >= 11 is 1.32. The van der Waals surface area contributed by atoms with Gasteiger partial charge in [-0.2, -0.15) is 0 Å². The molecule has 0 N–H and O–H groups in total. The Bertz CT molecular complexity index is 502. The zero-order chi connectivity index (χ0) is 19.3. The SMILES string of the molecule is CCN(CC)CCO[Si](C)(CCCSC(=O)COc1ccccc1)OC. The summed E-state index contributed by atoms with van der Waals surface area (Å²) in [5.41, 5.74) is 0. The first kappa shape index (κ1) is 23.2. The number of thioether (sulfide) groups is 1. The number of carbonyl (C=O) groups is 1. The largest absolute Gasteiger partial charge is 0.485 e. The van der Waals surface area contributed by atoms with Crippen molar-refractivity contribution in [3.05, 3.63) is 30.3 Å². The molecule has 26 heavy (non-hydrogen) atoms. The molecule has 7 heteroatoms. The highest BCUT2D eigenvalue weighted by Crippen LogP contribution is 2.18. The van der Waals surface area contributed by atoms with Crippen LogP contribution in [0, 0.1) is 0 Å². The molecule has 0 fully saturated rings. The Morgan fingerprint density at radius 3 is 2.50 bits per heavy atom. The number of hydrogen-bond donors (Lipinski definition) is 0. The van der Waals surface area contributed by atoms with Crippen LogP contribution in [0.15, 0.2) is 30.3 Å². The molecular formula is C19H33NO4SSi. The quantitative estimate of drug-likeness (QED) is 0.350. The predicted molar refractivity (Wildman–Crippen MR) is 111 cm³/mol. The molecule has 0 saturated carbocycles. The highest BCUT2D eigenvalue weighted by atomic mass is 32.2. The Kier molecular flexibility index (Phi) is 11.9. The Morgan fingerprint density at radius 1 is 1.19 bits per heavy atom. The monoisotopic (exact) mass is 399 g/mol. The molecule has 0 bridgehead atoms. The standard InChI is InChI=1S/C19H33NO4SSi/c1-5-20(6-2)13-14-24-26(4,22-3)16-10-15-25-19(21)17-23-18-11-8-7-9-12-18/h7-9,11-12H,5-6,10,13-17H2,1-4H3. The maximum Gasteiger partial charge on any atom is 0.334 e. The van der Waals surface area contributed by atoms with Gasteiger partial charge in [-0.15, -0.1) is 0 Å². The molecule has 0 heterocycles. The molecule has 0 spiro atoms. The van der Waals surface area contributed by atoms with E-state index in [2.05, 4.69) is 25.3 Å². The molecule has 148 valence electrons. The van der Waals surface area contributed by atoms with Crippen molar-refractivity contribution < 1.29 is 18.4 Å². The zero-order valence-electron chi connectivity index (χ0n) is 16.5. The number of rotatable bonds is 14. The van der Waals surface area contributed by atoms with Gasteiger partial charge in [-0.1, -0.05) is 43.8 Å². The summed E-state index contributed by atoms with van der Waals surface area (Å²) in [6, 6.07) is 10.3. The number of benzene rings is 1. The van der Waals surface area contributed by atoms with E-state index < -0.39 is 8.56 Å². The van der Waals surface area contributed by atoms with Crippen LogP contribution >= 0.6 is 11.8 Å². The number of nitrogens with zero attached hydrogens (tertiary/aromatic N) is 1. The van der Waals surface area contributed by atoms with Crippen molar-refractivity contribution in [1.29, 1.82) is 0 Å². The van der Waals surface area contributed by atoms with Crippen LogP contribution in [0.3, 0.4) is 0 Å². The van der Waals surface area contributed by atoms with E-state index >= 15 is 0 Å². The second-order valence-corrected chi connectivity index (χ2v) is 10.8. The highest BCUT2D eigenvalue weighted by Gasteiger charge is 2.29. The van der Waals surface area contributed by atoms with Crippen LogP contribution in [0.25, 0.3) is 0 Å². The molecule has 0 radical (unpaired) electrons. The van der Waals surface area contributed by atoms with Crippen LogP contribution in [0.5, 0.6) is 5.75 Å². The molecule has 0 aromatic heterocycles. The molecule has 1 aromatic rings. The lowest BCUT2D eigenvalue weighted by Gasteiger charge is -2.27. The minimum absolute atomic E-state index is 0.0529.